The predicted molar refractivity (Wildman–Crippen MR) is 63.4 cm³/mol. The van der Waals surface area contributed by atoms with Crippen molar-refractivity contribution in [1.82, 2.24) is 5.43 Å². The molecule has 0 amide bonds. The van der Waals surface area contributed by atoms with Gasteiger partial charge in [0.2, 0.25) is 0 Å². The molecule has 0 aliphatic carbocycles. The smallest absolute Gasteiger partial charge is 0.338 e. The molecule has 2 fully saturated rings. The van der Waals surface area contributed by atoms with E-state index in [1.807, 2.05) is 0 Å². The SMILES string of the molecule is NNC(C1CCOC2(CCOCC2)C1)C(F)(F)Cl. The Kier molecular flexibility index (Phi) is 4.44. The highest BCUT2D eigenvalue weighted by Crippen LogP contribution is 2.41. The second kappa shape index (κ2) is 5.54. The van der Waals surface area contributed by atoms with Gasteiger partial charge in [-0.2, -0.15) is 8.78 Å². The Morgan fingerprint density at radius 1 is 1.33 bits per heavy atom. The molecule has 4 nitrogen and oxygen atoms in total. The lowest BCUT2D eigenvalue weighted by molar-refractivity contribution is -0.156. The number of hydrogen-bond acceptors (Lipinski definition) is 4. The molecule has 2 saturated heterocycles. The topological polar surface area (TPSA) is 56.5 Å². The van der Waals surface area contributed by atoms with Crippen LogP contribution in [0.4, 0.5) is 8.78 Å². The van der Waals surface area contributed by atoms with E-state index in [1.165, 1.54) is 0 Å². The number of rotatable bonds is 3. The second-order valence-electron chi connectivity index (χ2n) is 5.08. The minimum atomic E-state index is -3.34. The summed E-state index contributed by atoms with van der Waals surface area (Å²) in [5.74, 6) is 4.94. The highest BCUT2D eigenvalue weighted by Gasteiger charge is 2.48. The molecular weight excluding hydrogens is 266 g/mol. The monoisotopic (exact) mass is 284 g/mol. The van der Waals surface area contributed by atoms with Gasteiger partial charge in [-0.15, -0.1) is 0 Å². The lowest BCUT2D eigenvalue weighted by Crippen LogP contribution is -2.55. The summed E-state index contributed by atoms with van der Waals surface area (Å²) in [6.45, 7) is 1.70. The fraction of sp³-hybridized carbons (Fsp3) is 1.00. The Hall–Kier alpha value is -0.0100. The maximum atomic E-state index is 13.3. The average molecular weight is 285 g/mol. The molecule has 0 aromatic rings. The molecule has 2 atom stereocenters. The minimum absolute atomic E-state index is 0.283. The summed E-state index contributed by atoms with van der Waals surface area (Å²) in [6, 6.07) is -1.22. The molecule has 7 heteroatoms. The Labute approximate surface area is 110 Å². The van der Waals surface area contributed by atoms with Gasteiger partial charge in [-0.1, -0.05) is 0 Å². The zero-order valence-corrected chi connectivity index (χ0v) is 10.9. The fourth-order valence-corrected chi connectivity index (χ4v) is 3.18. The normalized spacial score (nSPS) is 30.3. The zero-order chi connectivity index (χ0) is 13.2. The van der Waals surface area contributed by atoms with E-state index < -0.39 is 11.4 Å². The van der Waals surface area contributed by atoms with E-state index >= 15 is 0 Å². The number of nitrogens with one attached hydrogen (secondary N) is 1. The van der Waals surface area contributed by atoms with Crippen LogP contribution in [-0.2, 0) is 9.47 Å². The van der Waals surface area contributed by atoms with Gasteiger partial charge in [0.1, 0.15) is 6.04 Å². The summed E-state index contributed by atoms with van der Waals surface area (Å²) >= 11 is 5.12. The molecule has 2 aliphatic rings. The molecule has 2 unspecified atom stereocenters. The first-order valence-corrected chi connectivity index (χ1v) is 6.59. The van der Waals surface area contributed by atoms with Crippen LogP contribution >= 0.6 is 11.6 Å². The van der Waals surface area contributed by atoms with Crippen molar-refractivity contribution in [3.05, 3.63) is 0 Å². The van der Waals surface area contributed by atoms with Crippen molar-refractivity contribution in [2.45, 2.75) is 42.7 Å². The van der Waals surface area contributed by atoms with Gasteiger partial charge in [-0.3, -0.25) is 5.84 Å². The number of hydrazine groups is 1. The third-order valence-electron chi connectivity index (χ3n) is 3.94. The minimum Gasteiger partial charge on any atom is -0.381 e. The molecule has 18 heavy (non-hydrogen) atoms. The van der Waals surface area contributed by atoms with Crippen LogP contribution in [0.1, 0.15) is 25.7 Å². The lowest BCUT2D eigenvalue weighted by atomic mass is 9.78. The van der Waals surface area contributed by atoms with E-state index in [9.17, 15) is 8.78 Å². The Morgan fingerprint density at radius 2 is 2.00 bits per heavy atom. The average Bonchev–Trinajstić information content (AvgIpc) is 2.29. The van der Waals surface area contributed by atoms with Crippen LogP contribution in [-0.4, -0.2) is 36.8 Å². The van der Waals surface area contributed by atoms with Crippen molar-refractivity contribution in [1.29, 1.82) is 0 Å². The summed E-state index contributed by atoms with van der Waals surface area (Å²) in [5.41, 5.74) is 1.83. The summed E-state index contributed by atoms with van der Waals surface area (Å²) in [6.07, 6.45) is 2.58. The first-order valence-electron chi connectivity index (χ1n) is 6.21. The number of nitrogens with two attached hydrogens (primary N) is 1. The summed E-state index contributed by atoms with van der Waals surface area (Å²) < 4.78 is 37.7. The number of halogens is 3. The quantitative estimate of drug-likeness (QED) is 0.470. The van der Waals surface area contributed by atoms with Gasteiger partial charge in [0.15, 0.2) is 0 Å². The number of ether oxygens (including phenoxy) is 2. The van der Waals surface area contributed by atoms with Crippen LogP contribution in [0.2, 0.25) is 0 Å². The lowest BCUT2D eigenvalue weighted by Gasteiger charge is -2.45. The Bertz CT molecular complexity index is 277. The van der Waals surface area contributed by atoms with Crippen LogP contribution in [0, 0.1) is 5.92 Å². The highest BCUT2D eigenvalue weighted by molar-refractivity contribution is 6.22. The maximum Gasteiger partial charge on any atom is 0.338 e. The molecular formula is C11H19ClF2N2O2. The molecule has 0 aromatic carbocycles. The van der Waals surface area contributed by atoms with Crippen molar-refractivity contribution >= 4 is 11.6 Å². The van der Waals surface area contributed by atoms with E-state index in [2.05, 4.69) is 5.43 Å². The molecule has 3 N–H and O–H groups in total. The fourth-order valence-electron chi connectivity index (χ4n) is 2.94. The third kappa shape index (κ3) is 3.11. The van der Waals surface area contributed by atoms with Crippen LogP contribution in [0.15, 0.2) is 0 Å². The molecule has 2 rings (SSSR count). The summed E-state index contributed by atoms with van der Waals surface area (Å²) in [7, 11) is 0. The van der Waals surface area contributed by atoms with Crippen LogP contribution in [0.25, 0.3) is 0 Å². The molecule has 0 saturated carbocycles. The van der Waals surface area contributed by atoms with E-state index in [0.29, 0.717) is 32.7 Å². The third-order valence-corrected chi connectivity index (χ3v) is 4.17. The van der Waals surface area contributed by atoms with Crippen LogP contribution in [0.3, 0.4) is 0 Å². The van der Waals surface area contributed by atoms with Crippen molar-refractivity contribution in [2.75, 3.05) is 19.8 Å². The Morgan fingerprint density at radius 3 is 2.56 bits per heavy atom. The Balaban J connectivity index is 2.05. The van der Waals surface area contributed by atoms with Gasteiger partial charge >= 0.3 is 5.38 Å². The molecule has 106 valence electrons. The molecule has 2 aliphatic heterocycles. The predicted octanol–water partition coefficient (Wildman–Crippen LogP) is 1.63. The van der Waals surface area contributed by atoms with Gasteiger partial charge in [-0.25, -0.2) is 5.43 Å². The molecule has 0 radical (unpaired) electrons. The van der Waals surface area contributed by atoms with Crippen molar-refractivity contribution < 1.29 is 18.3 Å². The van der Waals surface area contributed by atoms with E-state index in [4.69, 9.17) is 26.9 Å². The van der Waals surface area contributed by atoms with Crippen LogP contribution < -0.4 is 11.3 Å². The number of hydrogen-bond donors (Lipinski definition) is 2. The van der Waals surface area contributed by atoms with Gasteiger partial charge in [-0.05, 0) is 43.2 Å². The molecule has 0 aromatic heterocycles. The van der Waals surface area contributed by atoms with Crippen molar-refractivity contribution in [3.8, 4) is 0 Å². The second-order valence-corrected chi connectivity index (χ2v) is 5.59. The summed E-state index contributed by atoms with van der Waals surface area (Å²) in [5, 5.41) is -3.34. The zero-order valence-electron chi connectivity index (χ0n) is 10.1. The van der Waals surface area contributed by atoms with E-state index in [-0.39, 0.29) is 11.5 Å². The van der Waals surface area contributed by atoms with Crippen molar-refractivity contribution in [3.63, 3.8) is 0 Å². The van der Waals surface area contributed by atoms with E-state index in [1.54, 1.807) is 0 Å². The van der Waals surface area contributed by atoms with Gasteiger partial charge < -0.3 is 9.47 Å². The van der Waals surface area contributed by atoms with E-state index in [0.717, 1.165) is 12.8 Å². The first kappa shape index (κ1) is 14.4. The van der Waals surface area contributed by atoms with Gasteiger partial charge in [0, 0.05) is 19.8 Å². The number of alkyl halides is 3. The molecule has 0 bridgehead atoms. The standard InChI is InChI=1S/C11H19ClF2N2O2/c12-11(13,14)9(16-15)8-1-4-18-10(7-8)2-5-17-6-3-10/h8-9,16H,1-7,15H2. The molecule has 2 heterocycles. The largest absolute Gasteiger partial charge is 0.381 e. The highest BCUT2D eigenvalue weighted by atomic mass is 35.5. The van der Waals surface area contributed by atoms with Gasteiger partial charge in [0.05, 0.1) is 5.60 Å². The maximum absolute atomic E-state index is 13.3. The first-order chi connectivity index (χ1) is 8.47. The van der Waals surface area contributed by atoms with Crippen molar-refractivity contribution in [2.24, 2.45) is 11.8 Å². The van der Waals surface area contributed by atoms with Crippen LogP contribution in [0.5, 0.6) is 0 Å². The summed E-state index contributed by atoms with van der Waals surface area (Å²) in [4.78, 5) is 0. The molecule has 1 spiro atoms. The van der Waals surface area contributed by atoms with Gasteiger partial charge in [0.25, 0.3) is 0 Å².